The first kappa shape index (κ1) is 44.4. The molecule has 0 saturated heterocycles. The lowest BCUT2D eigenvalue weighted by molar-refractivity contribution is 0.0686. The Balaban J connectivity index is 1.10. The van der Waals surface area contributed by atoms with Gasteiger partial charge >= 0.3 is 11.9 Å². The van der Waals surface area contributed by atoms with Crippen LogP contribution < -0.4 is 47.5 Å². The van der Waals surface area contributed by atoms with Crippen LogP contribution in [0, 0.1) is 0 Å². The number of carboxylic acid groups (broad SMARTS) is 2. The van der Waals surface area contributed by atoms with Crippen LogP contribution in [0.25, 0.3) is 22.3 Å². The first-order chi connectivity index (χ1) is 35.1. The van der Waals surface area contributed by atoms with Crippen LogP contribution in [0.1, 0.15) is 73.4 Å². The molecule has 0 saturated carbocycles. The number of nitrogens with zero attached hydrogens (tertiary/aromatic N) is 3. The molecular formula is C64H51B2N3O4. The zero-order valence-electron chi connectivity index (χ0n) is 41.6. The van der Waals surface area contributed by atoms with E-state index in [-0.39, 0.29) is 35.4 Å². The topological polar surface area (TPSA) is 84.3 Å². The van der Waals surface area contributed by atoms with Gasteiger partial charge in [0.15, 0.2) is 0 Å². The Labute approximate surface area is 426 Å². The lowest BCUT2D eigenvalue weighted by atomic mass is 9.29. The molecule has 4 heterocycles. The van der Waals surface area contributed by atoms with E-state index >= 15 is 0 Å². The lowest BCUT2D eigenvalue weighted by Gasteiger charge is -2.49. The van der Waals surface area contributed by atoms with E-state index in [1.165, 1.54) is 49.6 Å². The van der Waals surface area contributed by atoms with Crippen LogP contribution in [0.3, 0.4) is 0 Å². The molecular weight excluding hydrogens is 896 g/mol. The molecule has 9 heteroatoms. The van der Waals surface area contributed by atoms with Gasteiger partial charge in [0, 0.05) is 51.2 Å². The molecule has 0 spiro atoms. The number of carboxylic acids is 2. The molecule has 0 fully saturated rings. The minimum Gasteiger partial charge on any atom is -0.478 e. The Hall–Kier alpha value is -8.55. The summed E-state index contributed by atoms with van der Waals surface area (Å²) in [4.78, 5) is 31.5. The quantitative estimate of drug-likeness (QED) is 0.161. The van der Waals surface area contributed by atoms with Crippen molar-refractivity contribution < 1.29 is 19.8 Å². The zero-order chi connectivity index (χ0) is 50.2. The maximum Gasteiger partial charge on any atom is 0.335 e. The first-order valence-electron chi connectivity index (χ1n) is 25.1. The number of benzene rings is 9. The van der Waals surface area contributed by atoms with Crippen LogP contribution in [0.4, 0.5) is 51.2 Å². The third-order valence-corrected chi connectivity index (χ3v) is 15.7. The fourth-order valence-corrected chi connectivity index (χ4v) is 12.1. The van der Waals surface area contributed by atoms with E-state index in [0.717, 1.165) is 67.8 Å². The van der Waals surface area contributed by atoms with Crippen LogP contribution in [0.5, 0.6) is 0 Å². The molecule has 2 N–H and O–H groups in total. The Morgan fingerprint density at radius 3 is 1.30 bits per heavy atom. The molecule has 0 aliphatic carbocycles. The Bertz CT molecular complexity index is 3780. The molecule has 0 unspecified atom stereocenters. The molecule has 0 atom stereocenters. The van der Waals surface area contributed by atoms with Crippen LogP contribution >= 0.6 is 0 Å². The van der Waals surface area contributed by atoms with Gasteiger partial charge < -0.3 is 24.9 Å². The second kappa shape index (κ2) is 16.0. The predicted molar refractivity (Wildman–Crippen MR) is 302 cm³/mol. The van der Waals surface area contributed by atoms with E-state index in [2.05, 4.69) is 196 Å². The van der Waals surface area contributed by atoms with E-state index in [1.807, 2.05) is 24.3 Å². The molecule has 352 valence electrons. The smallest absolute Gasteiger partial charge is 0.335 e. The van der Waals surface area contributed by atoms with Gasteiger partial charge in [-0.1, -0.05) is 145 Å². The van der Waals surface area contributed by atoms with Gasteiger partial charge in [-0.05, 0) is 162 Å². The van der Waals surface area contributed by atoms with Crippen molar-refractivity contribution in [3.8, 4) is 22.3 Å². The highest BCUT2D eigenvalue weighted by Crippen LogP contribution is 2.49. The number of hydrogen-bond acceptors (Lipinski definition) is 5. The van der Waals surface area contributed by atoms with Crippen LogP contribution in [-0.4, -0.2) is 35.6 Å². The van der Waals surface area contributed by atoms with Gasteiger partial charge in [0.2, 0.25) is 0 Å². The number of rotatable bonds is 6. The fourth-order valence-electron chi connectivity index (χ4n) is 12.1. The maximum atomic E-state index is 12.2. The van der Waals surface area contributed by atoms with Gasteiger partial charge in [-0.15, -0.1) is 0 Å². The molecule has 0 amide bonds. The summed E-state index contributed by atoms with van der Waals surface area (Å²) in [7, 11) is 0. The van der Waals surface area contributed by atoms with E-state index in [0.29, 0.717) is 0 Å². The number of aromatic carboxylic acids is 2. The molecule has 4 aliphatic heterocycles. The normalized spacial score (nSPS) is 13.7. The lowest BCUT2D eigenvalue weighted by Crippen LogP contribution is -2.68. The van der Waals surface area contributed by atoms with E-state index in [9.17, 15) is 19.8 Å². The predicted octanol–water partition coefficient (Wildman–Crippen LogP) is 11.7. The number of carbonyl (C=O) groups is 2. The third-order valence-electron chi connectivity index (χ3n) is 15.7. The highest BCUT2D eigenvalue weighted by Gasteiger charge is 2.50. The highest BCUT2D eigenvalue weighted by molar-refractivity contribution is 7.04. The molecule has 0 aromatic heterocycles. The van der Waals surface area contributed by atoms with Gasteiger partial charge in [-0.2, -0.15) is 0 Å². The number of fused-ring (bicyclic) bond motifs is 8. The van der Waals surface area contributed by atoms with Crippen LogP contribution in [0.2, 0.25) is 0 Å². The highest BCUT2D eigenvalue weighted by atomic mass is 16.4. The monoisotopic (exact) mass is 947 g/mol. The SMILES string of the molecule is CC(C)(C)c1ccc(N2c3ccccc3B3c4cccc5c4N(c4cccc2c43)c2cc(-c3ccc(C(=O)O)cc3)cc3c2B5c2ccc(-c4ccc(C(=O)O)cc4)cc2N3c2ccc(C(C)(C)C)cc2)cc1. The van der Waals surface area contributed by atoms with Crippen molar-refractivity contribution in [3.05, 3.63) is 210 Å². The van der Waals surface area contributed by atoms with Crippen molar-refractivity contribution in [2.24, 2.45) is 0 Å². The van der Waals surface area contributed by atoms with E-state index < -0.39 is 11.9 Å². The van der Waals surface area contributed by atoms with E-state index in [4.69, 9.17) is 0 Å². The summed E-state index contributed by atoms with van der Waals surface area (Å²) in [6.07, 6.45) is 0. The summed E-state index contributed by atoms with van der Waals surface area (Å²) in [5.41, 5.74) is 23.9. The maximum absolute atomic E-state index is 12.2. The largest absolute Gasteiger partial charge is 0.478 e. The van der Waals surface area contributed by atoms with Crippen molar-refractivity contribution in [3.63, 3.8) is 0 Å². The minimum absolute atomic E-state index is 0.0128. The second-order valence-corrected chi connectivity index (χ2v) is 22.0. The minimum atomic E-state index is -0.966. The molecule has 4 aliphatic rings. The van der Waals surface area contributed by atoms with Crippen molar-refractivity contribution in [1.29, 1.82) is 0 Å². The van der Waals surface area contributed by atoms with Crippen molar-refractivity contribution >= 4 is 109 Å². The van der Waals surface area contributed by atoms with Crippen molar-refractivity contribution in [2.75, 3.05) is 14.7 Å². The number of hydrogen-bond donors (Lipinski definition) is 2. The van der Waals surface area contributed by atoms with Crippen LogP contribution in [-0.2, 0) is 10.8 Å². The van der Waals surface area contributed by atoms with Gasteiger partial charge in [-0.25, -0.2) is 9.59 Å². The summed E-state index contributed by atoms with van der Waals surface area (Å²) in [5.74, 6) is -1.93. The van der Waals surface area contributed by atoms with Gasteiger partial charge in [0.05, 0.1) is 11.1 Å². The standard InChI is InChI=1S/C64H51B2N3O4/c1-63(2,3)44-26-30-46(31-27-44)67-52-14-8-7-11-48(52)65-50-12-9-13-51-60(50)69(54-16-10-15-53(67)58(54)65)57-37-43(39-19-23-41(24-20-39)62(72)73)36-56-59(57)66(51)49-34-25-42(38-17-21-40(22-18-38)61(70)71)35-55(49)68(56)47-32-28-45(29-33-47)64(4,5)6/h7-37H,1-6H3,(H,70,71)(H,72,73). The molecule has 7 nitrogen and oxygen atoms in total. The molecule has 0 radical (unpaired) electrons. The van der Waals surface area contributed by atoms with Crippen molar-refractivity contribution in [1.82, 2.24) is 0 Å². The summed E-state index contributed by atoms with van der Waals surface area (Å²) < 4.78 is 0. The third kappa shape index (κ3) is 6.82. The summed E-state index contributed by atoms with van der Waals surface area (Å²) >= 11 is 0. The van der Waals surface area contributed by atoms with E-state index in [1.54, 1.807) is 24.3 Å². The van der Waals surface area contributed by atoms with Gasteiger partial charge in [0.1, 0.15) is 0 Å². The Morgan fingerprint density at radius 2 is 0.767 bits per heavy atom. The summed E-state index contributed by atoms with van der Waals surface area (Å²) in [5, 5.41) is 19.8. The summed E-state index contributed by atoms with van der Waals surface area (Å²) in [6.45, 7) is 13.3. The fraction of sp³-hybridized carbons (Fsp3) is 0.125. The molecule has 73 heavy (non-hydrogen) atoms. The molecule has 9 aromatic rings. The summed E-state index contributed by atoms with van der Waals surface area (Å²) in [6, 6.07) is 66.3. The Kier molecular flexibility index (Phi) is 9.72. The average Bonchev–Trinajstić information content (AvgIpc) is 3.39. The Morgan fingerprint density at radius 1 is 0.370 bits per heavy atom. The van der Waals surface area contributed by atoms with Gasteiger partial charge in [-0.3, -0.25) is 0 Å². The van der Waals surface area contributed by atoms with Crippen molar-refractivity contribution in [2.45, 2.75) is 52.4 Å². The van der Waals surface area contributed by atoms with Crippen LogP contribution in [0.15, 0.2) is 188 Å². The second-order valence-electron chi connectivity index (χ2n) is 22.0. The number of para-hydroxylation sites is 2. The molecule has 13 rings (SSSR count). The molecule has 9 aromatic carbocycles. The number of anilines is 9. The molecule has 0 bridgehead atoms. The first-order valence-corrected chi connectivity index (χ1v) is 25.1. The van der Waals surface area contributed by atoms with Gasteiger partial charge in [0.25, 0.3) is 13.4 Å². The zero-order valence-corrected chi connectivity index (χ0v) is 41.6. The average molecular weight is 948 g/mol.